The van der Waals surface area contributed by atoms with Gasteiger partial charge < -0.3 is 15.5 Å². The van der Waals surface area contributed by atoms with Crippen molar-refractivity contribution in [2.45, 2.75) is 12.5 Å². The van der Waals surface area contributed by atoms with Crippen LogP contribution in [0.5, 0.6) is 5.75 Å². The third-order valence-electron chi connectivity index (χ3n) is 3.34. The second-order valence-corrected chi connectivity index (χ2v) is 4.52. The van der Waals surface area contributed by atoms with E-state index in [0.717, 1.165) is 32.2 Å². The molecule has 1 aliphatic rings. The minimum Gasteiger partial charge on any atom is -0.508 e. The molecule has 1 aliphatic heterocycles. The van der Waals surface area contributed by atoms with Crippen LogP contribution in [0.25, 0.3) is 0 Å². The lowest BCUT2D eigenvalue weighted by atomic mass is 10.0. The molecule has 3 N–H and O–H groups in total. The minimum absolute atomic E-state index is 0.0227. The van der Waals surface area contributed by atoms with E-state index in [1.54, 1.807) is 6.07 Å². The first kappa shape index (κ1) is 13.3. The Morgan fingerprint density at radius 1 is 1.33 bits per heavy atom. The molecule has 0 amide bonds. The maximum Gasteiger partial charge on any atom is 0.131 e. The van der Waals surface area contributed by atoms with Gasteiger partial charge in [0.2, 0.25) is 0 Å². The van der Waals surface area contributed by atoms with Gasteiger partial charge in [-0.05, 0) is 12.5 Å². The van der Waals surface area contributed by atoms with Crippen molar-refractivity contribution in [1.29, 1.82) is 0 Å². The summed E-state index contributed by atoms with van der Waals surface area (Å²) in [6, 6.07) is 4.10. The van der Waals surface area contributed by atoms with Crippen LogP contribution in [0.3, 0.4) is 0 Å². The lowest BCUT2D eigenvalue weighted by Gasteiger charge is -2.35. The lowest BCUT2D eigenvalue weighted by molar-refractivity contribution is 0.138. The standard InChI is InChI=1S/C13H19FN2O2/c14-12-9-10(18)1-2-11(12)13(3-8-17)16-6-4-15-5-7-16/h1-2,9,13,15,17-18H,3-8H2/t13-/m0/s1. The lowest BCUT2D eigenvalue weighted by Crippen LogP contribution is -2.45. The van der Waals surface area contributed by atoms with Gasteiger partial charge in [0.15, 0.2) is 0 Å². The van der Waals surface area contributed by atoms with Crippen LogP contribution >= 0.6 is 0 Å². The van der Waals surface area contributed by atoms with Gasteiger partial charge in [-0.15, -0.1) is 0 Å². The van der Waals surface area contributed by atoms with Crippen molar-refractivity contribution in [3.05, 3.63) is 29.6 Å². The second-order valence-electron chi connectivity index (χ2n) is 4.52. The predicted octanol–water partition coefficient (Wildman–Crippen LogP) is 0.860. The highest BCUT2D eigenvalue weighted by Crippen LogP contribution is 2.28. The van der Waals surface area contributed by atoms with Crippen molar-refractivity contribution in [1.82, 2.24) is 10.2 Å². The normalized spacial score (nSPS) is 18.8. The molecule has 4 nitrogen and oxygen atoms in total. The van der Waals surface area contributed by atoms with Crippen molar-refractivity contribution >= 4 is 0 Å². The van der Waals surface area contributed by atoms with Gasteiger partial charge in [-0.3, -0.25) is 4.90 Å². The van der Waals surface area contributed by atoms with E-state index >= 15 is 0 Å². The fourth-order valence-corrected chi connectivity index (χ4v) is 2.44. The Morgan fingerprint density at radius 2 is 2.06 bits per heavy atom. The summed E-state index contributed by atoms with van der Waals surface area (Å²) >= 11 is 0. The van der Waals surface area contributed by atoms with Crippen molar-refractivity contribution in [2.75, 3.05) is 32.8 Å². The Morgan fingerprint density at radius 3 is 2.67 bits per heavy atom. The summed E-state index contributed by atoms with van der Waals surface area (Å²) in [7, 11) is 0. The summed E-state index contributed by atoms with van der Waals surface area (Å²) in [4.78, 5) is 2.17. The fourth-order valence-electron chi connectivity index (χ4n) is 2.44. The number of halogens is 1. The Labute approximate surface area is 106 Å². The first-order valence-electron chi connectivity index (χ1n) is 6.26. The summed E-state index contributed by atoms with van der Waals surface area (Å²) in [5.74, 6) is -0.480. The quantitative estimate of drug-likeness (QED) is 0.746. The van der Waals surface area contributed by atoms with Gasteiger partial charge >= 0.3 is 0 Å². The highest BCUT2D eigenvalue weighted by molar-refractivity contribution is 5.30. The number of nitrogens with one attached hydrogen (secondary N) is 1. The zero-order chi connectivity index (χ0) is 13.0. The van der Waals surface area contributed by atoms with E-state index in [4.69, 9.17) is 5.11 Å². The van der Waals surface area contributed by atoms with Crippen LogP contribution in [0, 0.1) is 5.82 Å². The number of phenolic OH excluding ortho intramolecular Hbond substituents is 1. The number of nitrogens with zero attached hydrogens (tertiary/aromatic N) is 1. The number of hydrogen-bond donors (Lipinski definition) is 3. The van der Waals surface area contributed by atoms with Gasteiger partial charge in [0.05, 0.1) is 0 Å². The van der Waals surface area contributed by atoms with E-state index in [0.29, 0.717) is 12.0 Å². The number of benzene rings is 1. The van der Waals surface area contributed by atoms with E-state index in [1.165, 1.54) is 6.07 Å². The molecular weight excluding hydrogens is 235 g/mol. The van der Waals surface area contributed by atoms with Crippen LogP contribution in [-0.4, -0.2) is 47.9 Å². The molecular formula is C13H19FN2O2. The van der Waals surface area contributed by atoms with Crippen molar-refractivity contribution in [3.63, 3.8) is 0 Å². The molecule has 1 heterocycles. The van der Waals surface area contributed by atoms with Crippen molar-refractivity contribution in [2.24, 2.45) is 0 Å². The number of piperazine rings is 1. The van der Waals surface area contributed by atoms with Gasteiger partial charge in [-0.2, -0.15) is 0 Å². The smallest absolute Gasteiger partial charge is 0.131 e. The molecule has 0 radical (unpaired) electrons. The van der Waals surface area contributed by atoms with Crippen LogP contribution in [0.1, 0.15) is 18.0 Å². The molecule has 1 atom stereocenters. The second kappa shape index (κ2) is 6.13. The zero-order valence-electron chi connectivity index (χ0n) is 10.3. The number of hydrogen-bond acceptors (Lipinski definition) is 4. The fraction of sp³-hybridized carbons (Fsp3) is 0.538. The average molecular weight is 254 g/mol. The average Bonchev–Trinajstić information content (AvgIpc) is 2.38. The molecule has 0 bridgehead atoms. The molecule has 0 aromatic heterocycles. The zero-order valence-corrected chi connectivity index (χ0v) is 10.3. The number of rotatable bonds is 4. The topological polar surface area (TPSA) is 55.7 Å². The number of aliphatic hydroxyl groups is 1. The minimum atomic E-state index is -0.410. The third-order valence-corrected chi connectivity index (χ3v) is 3.34. The molecule has 0 spiro atoms. The van der Waals surface area contributed by atoms with Crippen LogP contribution in [0.4, 0.5) is 4.39 Å². The van der Waals surface area contributed by atoms with Crippen molar-refractivity contribution in [3.8, 4) is 5.75 Å². The van der Waals surface area contributed by atoms with Gasteiger partial charge in [0.1, 0.15) is 11.6 Å². The summed E-state index contributed by atoms with van der Waals surface area (Å²) in [5.41, 5.74) is 0.545. The SMILES string of the molecule is OCC[C@@H](c1ccc(O)cc1F)N1CCNCC1. The molecule has 1 saturated heterocycles. The molecule has 1 aromatic rings. The van der Waals surface area contributed by atoms with E-state index in [1.807, 2.05) is 0 Å². The van der Waals surface area contributed by atoms with E-state index in [9.17, 15) is 9.50 Å². The molecule has 0 unspecified atom stereocenters. The molecule has 18 heavy (non-hydrogen) atoms. The van der Waals surface area contributed by atoms with E-state index < -0.39 is 5.82 Å². The van der Waals surface area contributed by atoms with Gasteiger partial charge in [-0.1, -0.05) is 6.07 Å². The Hall–Kier alpha value is -1.17. The predicted molar refractivity (Wildman–Crippen MR) is 67.0 cm³/mol. The number of aromatic hydroxyl groups is 1. The first-order chi connectivity index (χ1) is 8.72. The molecule has 1 aromatic carbocycles. The highest BCUT2D eigenvalue weighted by atomic mass is 19.1. The Bertz CT molecular complexity index is 395. The first-order valence-corrected chi connectivity index (χ1v) is 6.26. The summed E-state index contributed by atoms with van der Waals surface area (Å²) in [6.07, 6.45) is 0.502. The Kier molecular flexibility index (Phi) is 4.52. The largest absolute Gasteiger partial charge is 0.508 e. The van der Waals surface area contributed by atoms with E-state index in [2.05, 4.69) is 10.2 Å². The van der Waals surface area contributed by atoms with Crippen molar-refractivity contribution < 1.29 is 14.6 Å². The molecule has 100 valence electrons. The van der Waals surface area contributed by atoms with Crippen LogP contribution in [0.15, 0.2) is 18.2 Å². The van der Waals surface area contributed by atoms with Crippen LogP contribution in [-0.2, 0) is 0 Å². The third kappa shape index (κ3) is 2.98. The van der Waals surface area contributed by atoms with Gasteiger partial charge in [0.25, 0.3) is 0 Å². The van der Waals surface area contributed by atoms with Gasteiger partial charge in [-0.25, -0.2) is 4.39 Å². The van der Waals surface area contributed by atoms with Crippen LogP contribution in [0.2, 0.25) is 0 Å². The van der Waals surface area contributed by atoms with Crippen LogP contribution < -0.4 is 5.32 Å². The molecule has 2 rings (SSSR count). The molecule has 5 heteroatoms. The molecule has 1 fully saturated rings. The number of aliphatic hydroxyl groups excluding tert-OH is 1. The number of phenols is 1. The maximum atomic E-state index is 13.9. The molecule has 0 saturated carbocycles. The maximum absolute atomic E-state index is 13.9. The highest BCUT2D eigenvalue weighted by Gasteiger charge is 2.24. The summed E-state index contributed by atoms with van der Waals surface area (Å²) in [6.45, 7) is 3.45. The monoisotopic (exact) mass is 254 g/mol. The molecule has 0 aliphatic carbocycles. The summed E-state index contributed by atoms with van der Waals surface area (Å²) < 4.78 is 13.9. The van der Waals surface area contributed by atoms with Gasteiger partial charge in [0, 0.05) is 50.5 Å². The Balaban J connectivity index is 2.22. The summed E-state index contributed by atoms with van der Waals surface area (Å²) in [5, 5.41) is 21.7. The van der Waals surface area contributed by atoms with E-state index in [-0.39, 0.29) is 18.4 Å².